The van der Waals surface area contributed by atoms with Crippen LogP contribution in [0.15, 0.2) is 39.0 Å². The van der Waals surface area contributed by atoms with Crippen molar-refractivity contribution < 1.29 is 13.2 Å². The van der Waals surface area contributed by atoms with Gasteiger partial charge in [0.15, 0.2) is 0 Å². The Morgan fingerprint density at radius 2 is 1.90 bits per heavy atom. The van der Waals surface area contributed by atoms with Gasteiger partial charge in [-0.25, -0.2) is 13.1 Å². The number of hydrogen-bond donors (Lipinski definition) is 1. The lowest BCUT2D eigenvalue weighted by Gasteiger charge is -2.06. The molecule has 0 unspecified atom stereocenters. The second-order valence-corrected chi connectivity index (χ2v) is 8.56. The molecule has 0 saturated carbocycles. The van der Waals surface area contributed by atoms with E-state index in [9.17, 15) is 13.2 Å². The number of thiophene rings is 1. The van der Waals surface area contributed by atoms with Crippen molar-refractivity contribution in [2.24, 2.45) is 0 Å². The Hall–Kier alpha value is -0.600. The van der Waals surface area contributed by atoms with Crippen LogP contribution < -0.4 is 4.72 Å². The van der Waals surface area contributed by atoms with Crippen LogP contribution in [0.2, 0.25) is 9.36 Å². The predicted octanol–water partition coefficient (Wildman–Crippen LogP) is 3.94. The monoisotopic (exact) mass is 413 g/mol. The van der Waals surface area contributed by atoms with Crippen molar-refractivity contribution in [3.05, 3.63) is 49.7 Å². The molecule has 20 heavy (non-hydrogen) atoms. The molecule has 0 saturated heterocycles. The lowest BCUT2D eigenvalue weighted by molar-refractivity contribution is 0.0981. The Balaban J connectivity index is 2.27. The zero-order valence-corrected chi connectivity index (χ0v) is 14.3. The average molecular weight is 415 g/mol. The van der Waals surface area contributed by atoms with E-state index < -0.39 is 15.9 Å². The Morgan fingerprint density at radius 1 is 1.20 bits per heavy atom. The second-order valence-electron chi connectivity index (χ2n) is 3.62. The standard InChI is InChI=1S/C11H6BrCl2NO3S2/c12-6-1-2-7(8(13)5-6)11(16)15-20(17,18)10-4-3-9(14)19-10/h1-5H,(H,15,16). The van der Waals surface area contributed by atoms with Gasteiger partial charge in [-0.05, 0) is 30.3 Å². The lowest BCUT2D eigenvalue weighted by atomic mass is 10.2. The summed E-state index contributed by atoms with van der Waals surface area (Å²) in [5.41, 5.74) is 0.0705. The fourth-order valence-electron chi connectivity index (χ4n) is 1.34. The first kappa shape index (κ1) is 15.8. The molecule has 0 aliphatic carbocycles. The summed E-state index contributed by atoms with van der Waals surface area (Å²) in [7, 11) is -3.95. The van der Waals surface area contributed by atoms with Crippen molar-refractivity contribution in [2.45, 2.75) is 4.21 Å². The normalized spacial score (nSPS) is 11.3. The number of halogens is 3. The number of hydrogen-bond acceptors (Lipinski definition) is 4. The minimum absolute atomic E-state index is 0.0379. The molecular weight excluding hydrogens is 409 g/mol. The summed E-state index contributed by atoms with van der Waals surface area (Å²) in [6.45, 7) is 0. The first-order valence-electron chi connectivity index (χ1n) is 5.07. The fourth-order valence-corrected chi connectivity index (χ4v) is 4.55. The summed E-state index contributed by atoms with van der Waals surface area (Å²) >= 11 is 15.6. The van der Waals surface area contributed by atoms with Crippen molar-refractivity contribution >= 4 is 66.4 Å². The summed E-state index contributed by atoms with van der Waals surface area (Å²) in [5, 5.41) is 0.149. The third-order valence-corrected chi connectivity index (χ3v) is 6.08. The summed E-state index contributed by atoms with van der Waals surface area (Å²) in [5.74, 6) is -0.799. The molecule has 0 radical (unpaired) electrons. The van der Waals surface area contributed by atoms with Crippen LogP contribution >= 0.6 is 50.5 Å². The Bertz CT molecular complexity index is 774. The zero-order valence-electron chi connectivity index (χ0n) is 9.56. The largest absolute Gasteiger partial charge is 0.273 e. The van der Waals surface area contributed by atoms with Gasteiger partial charge in [0, 0.05) is 4.47 Å². The summed E-state index contributed by atoms with van der Waals surface area (Å²) in [6, 6.07) is 7.29. The fraction of sp³-hybridized carbons (Fsp3) is 0. The number of carbonyl (C=O) groups is 1. The zero-order chi connectivity index (χ0) is 14.9. The van der Waals surface area contributed by atoms with Gasteiger partial charge in [-0.2, -0.15) is 0 Å². The molecule has 0 fully saturated rings. The molecule has 0 atom stereocenters. The molecule has 1 heterocycles. The van der Waals surface area contributed by atoms with Crippen LogP contribution in [-0.2, 0) is 10.0 Å². The topological polar surface area (TPSA) is 63.2 Å². The average Bonchev–Trinajstić information content (AvgIpc) is 2.75. The summed E-state index contributed by atoms with van der Waals surface area (Å²) < 4.78 is 26.9. The first-order valence-corrected chi connectivity index (χ1v) is 8.92. The van der Waals surface area contributed by atoms with Gasteiger partial charge in [-0.1, -0.05) is 39.1 Å². The van der Waals surface area contributed by atoms with Crippen molar-refractivity contribution in [1.29, 1.82) is 0 Å². The van der Waals surface area contributed by atoms with E-state index in [0.29, 0.717) is 8.81 Å². The van der Waals surface area contributed by atoms with Crippen LogP contribution in [0.1, 0.15) is 10.4 Å². The minimum atomic E-state index is -3.95. The molecule has 106 valence electrons. The minimum Gasteiger partial charge on any atom is -0.268 e. The molecule has 0 bridgehead atoms. The SMILES string of the molecule is O=C(NS(=O)(=O)c1ccc(Cl)s1)c1ccc(Br)cc1Cl. The van der Waals surface area contributed by atoms with E-state index in [1.54, 1.807) is 6.07 Å². The van der Waals surface area contributed by atoms with Crippen LogP contribution in [0.25, 0.3) is 0 Å². The van der Waals surface area contributed by atoms with Crippen LogP contribution in [0.3, 0.4) is 0 Å². The Kier molecular flexibility index (Phi) is 4.76. The maximum Gasteiger partial charge on any atom is 0.273 e. The highest BCUT2D eigenvalue weighted by molar-refractivity contribution is 9.10. The van der Waals surface area contributed by atoms with E-state index in [4.69, 9.17) is 23.2 Å². The van der Waals surface area contributed by atoms with E-state index in [2.05, 4.69) is 15.9 Å². The van der Waals surface area contributed by atoms with Crippen LogP contribution in [0, 0.1) is 0 Å². The van der Waals surface area contributed by atoms with Crippen molar-refractivity contribution in [3.8, 4) is 0 Å². The maximum atomic E-state index is 12.0. The molecular formula is C11H6BrCl2NO3S2. The number of nitrogens with one attached hydrogen (secondary N) is 1. The maximum absolute atomic E-state index is 12.0. The van der Waals surface area contributed by atoms with E-state index in [-0.39, 0.29) is 14.8 Å². The number of amides is 1. The Morgan fingerprint density at radius 3 is 2.45 bits per heavy atom. The van der Waals surface area contributed by atoms with Crippen LogP contribution in [0.4, 0.5) is 0 Å². The number of rotatable bonds is 3. The first-order chi connectivity index (χ1) is 9.29. The van der Waals surface area contributed by atoms with Gasteiger partial charge in [-0.3, -0.25) is 4.79 Å². The van der Waals surface area contributed by atoms with E-state index in [1.807, 2.05) is 4.72 Å². The molecule has 1 aromatic carbocycles. The molecule has 0 spiro atoms. The van der Waals surface area contributed by atoms with Gasteiger partial charge >= 0.3 is 0 Å². The van der Waals surface area contributed by atoms with Crippen LogP contribution in [0.5, 0.6) is 0 Å². The van der Waals surface area contributed by atoms with Gasteiger partial charge in [0.25, 0.3) is 15.9 Å². The smallest absolute Gasteiger partial charge is 0.268 e. The van der Waals surface area contributed by atoms with Crippen molar-refractivity contribution in [2.75, 3.05) is 0 Å². The van der Waals surface area contributed by atoms with Crippen LogP contribution in [-0.4, -0.2) is 14.3 Å². The Labute approximate surface area is 137 Å². The predicted molar refractivity (Wildman–Crippen MR) is 83.1 cm³/mol. The quantitative estimate of drug-likeness (QED) is 0.827. The lowest BCUT2D eigenvalue weighted by Crippen LogP contribution is -2.30. The molecule has 1 N–H and O–H groups in total. The van der Waals surface area contributed by atoms with E-state index >= 15 is 0 Å². The molecule has 2 rings (SSSR count). The number of benzene rings is 1. The van der Waals surface area contributed by atoms with E-state index in [1.165, 1.54) is 24.3 Å². The third kappa shape index (κ3) is 3.53. The van der Waals surface area contributed by atoms with Gasteiger partial charge in [-0.15, -0.1) is 11.3 Å². The molecule has 0 aliphatic rings. The molecule has 4 nitrogen and oxygen atoms in total. The van der Waals surface area contributed by atoms with Gasteiger partial charge < -0.3 is 0 Å². The van der Waals surface area contributed by atoms with Crippen molar-refractivity contribution in [1.82, 2.24) is 4.72 Å². The highest BCUT2D eigenvalue weighted by Gasteiger charge is 2.22. The molecule has 1 amide bonds. The highest BCUT2D eigenvalue weighted by Crippen LogP contribution is 2.26. The van der Waals surface area contributed by atoms with Gasteiger partial charge in [0.1, 0.15) is 4.21 Å². The molecule has 1 aromatic heterocycles. The van der Waals surface area contributed by atoms with Crippen molar-refractivity contribution in [3.63, 3.8) is 0 Å². The third-order valence-electron chi connectivity index (χ3n) is 2.22. The second kappa shape index (κ2) is 6.03. The molecule has 0 aliphatic heterocycles. The molecule has 9 heteroatoms. The van der Waals surface area contributed by atoms with Gasteiger partial charge in [0.05, 0.1) is 14.9 Å². The summed E-state index contributed by atoms with van der Waals surface area (Å²) in [6.07, 6.45) is 0. The number of sulfonamides is 1. The number of carbonyl (C=O) groups excluding carboxylic acids is 1. The van der Waals surface area contributed by atoms with Gasteiger partial charge in [0.2, 0.25) is 0 Å². The highest BCUT2D eigenvalue weighted by atomic mass is 79.9. The molecule has 2 aromatic rings. The summed E-state index contributed by atoms with van der Waals surface area (Å²) in [4.78, 5) is 12.0. The van der Waals surface area contributed by atoms with E-state index in [0.717, 1.165) is 11.3 Å².